The first-order valence-corrected chi connectivity index (χ1v) is 6.91. The van der Waals surface area contributed by atoms with Gasteiger partial charge in [-0.05, 0) is 53.9 Å². The van der Waals surface area contributed by atoms with Crippen LogP contribution in [0.1, 0.15) is 18.1 Å². The zero-order valence-corrected chi connectivity index (χ0v) is 12.8. The minimum absolute atomic E-state index is 0.514. The van der Waals surface area contributed by atoms with Crippen LogP contribution in [0.15, 0.2) is 28.9 Å². The topological polar surface area (TPSA) is 47.0 Å². The van der Waals surface area contributed by atoms with E-state index in [0.29, 0.717) is 11.8 Å². The Kier molecular flexibility index (Phi) is 4.37. The molecule has 100 valence electrons. The van der Waals surface area contributed by atoms with Crippen molar-refractivity contribution in [3.8, 4) is 11.6 Å². The van der Waals surface area contributed by atoms with Crippen LogP contribution in [-0.4, -0.2) is 16.5 Å². The van der Waals surface area contributed by atoms with Crippen molar-refractivity contribution in [1.82, 2.24) is 9.97 Å². The van der Waals surface area contributed by atoms with Gasteiger partial charge < -0.3 is 10.1 Å². The highest BCUT2D eigenvalue weighted by molar-refractivity contribution is 9.10. The Morgan fingerprint density at radius 3 is 2.84 bits per heavy atom. The average Bonchev–Trinajstić information content (AvgIpc) is 2.39. The number of anilines is 1. The summed E-state index contributed by atoms with van der Waals surface area (Å²) in [4.78, 5) is 8.50. The third kappa shape index (κ3) is 3.23. The Morgan fingerprint density at radius 1 is 1.32 bits per heavy atom. The van der Waals surface area contributed by atoms with Crippen LogP contribution in [0.3, 0.4) is 0 Å². The highest BCUT2D eigenvalue weighted by Crippen LogP contribution is 2.30. The van der Waals surface area contributed by atoms with Gasteiger partial charge in [-0.2, -0.15) is 4.98 Å². The number of aryl methyl sites for hydroxylation is 1. The SMILES string of the molecule is CCNc1ncc(Br)c(Oc2cccc(C)c2C)n1. The lowest BCUT2D eigenvalue weighted by atomic mass is 10.1. The molecule has 0 saturated carbocycles. The van der Waals surface area contributed by atoms with Crippen LogP contribution in [0, 0.1) is 13.8 Å². The molecule has 0 aliphatic heterocycles. The summed E-state index contributed by atoms with van der Waals surface area (Å²) in [5.41, 5.74) is 2.30. The Hall–Kier alpha value is -1.62. The minimum atomic E-state index is 0.514. The molecule has 1 heterocycles. The molecule has 0 spiro atoms. The second-order valence-corrected chi connectivity index (χ2v) is 5.03. The van der Waals surface area contributed by atoms with Crippen LogP contribution in [0.4, 0.5) is 5.95 Å². The third-order valence-corrected chi connectivity index (χ3v) is 3.35. The lowest BCUT2D eigenvalue weighted by Crippen LogP contribution is -2.03. The maximum atomic E-state index is 5.87. The molecule has 1 aromatic carbocycles. The molecule has 0 amide bonds. The maximum absolute atomic E-state index is 5.87. The van der Waals surface area contributed by atoms with E-state index in [-0.39, 0.29) is 0 Å². The van der Waals surface area contributed by atoms with Gasteiger partial charge in [0, 0.05) is 6.54 Å². The lowest BCUT2D eigenvalue weighted by molar-refractivity contribution is 0.455. The summed E-state index contributed by atoms with van der Waals surface area (Å²) < 4.78 is 6.60. The van der Waals surface area contributed by atoms with E-state index in [2.05, 4.69) is 44.2 Å². The first kappa shape index (κ1) is 13.8. The fraction of sp³-hybridized carbons (Fsp3) is 0.286. The minimum Gasteiger partial charge on any atom is -0.437 e. The summed E-state index contributed by atoms with van der Waals surface area (Å²) >= 11 is 3.40. The van der Waals surface area contributed by atoms with Crippen molar-refractivity contribution in [3.05, 3.63) is 40.0 Å². The second-order valence-electron chi connectivity index (χ2n) is 4.18. The molecule has 1 N–H and O–H groups in total. The second kappa shape index (κ2) is 6.02. The molecule has 4 nitrogen and oxygen atoms in total. The standard InChI is InChI=1S/C14H16BrN3O/c1-4-16-14-17-8-11(15)13(18-14)19-12-7-5-6-9(2)10(12)3/h5-8H,4H2,1-3H3,(H,16,17,18). The van der Waals surface area contributed by atoms with Crippen molar-refractivity contribution in [2.75, 3.05) is 11.9 Å². The number of rotatable bonds is 4. The van der Waals surface area contributed by atoms with Crippen molar-refractivity contribution >= 4 is 21.9 Å². The van der Waals surface area contributed by atoms with Crippen LogP contribution in [0.25, 0.3) is 0 Å². The number of ether oxygens (including phenoxy) is 1. The van der Waals surface area contributed by atoms with Crippen LogP contribution >= 0.6 is 15.9 Å². The summed E-state index contributed by atoms with van der Waals surface area (Å²) in [6.07, 6.45) is 1.69. The van der Waals surface area contributed by atoms with E-state index in [0.717, 1.165) is 22.3 Å². The van der Waals surface area contributed by atoms with Crippen molar-refractivity contribution in [3.63, 3.8) is 0 Å². The molecule has 0 aliphatic carbocycles. The van der Waals surface area contributed by atoms with E-state index in [9.17, 15) is 0 Å². The van der Waals surface area contributed by atoms with Gasteiger partial charge in [0.05, 0.1) is 10.7 Å². The Bertz CT molecular complexity index is 587. The number of nitrogens with zero attached hydrogens (tertiary/aromatic N) is 2. The van der Waals surface area contributed by atoms with Crippen molar-refractivity contribution in [2.45, 2.75) is 20.8 Å². The van der Waals surface area contributed by atoms with Gasteiger partial charge in [-0.3, -0.25) is 0 Å². The van der Waals surface area contributed by atoms with Gasteiger partial charge in [-0.15, -0.1) is 0 Å². The molecule has 2 rings (SSSR count). The van der Waals surface area contributed by atoms with Crippen LogP contribution in [0.2, 0.25) is 0 Å². The molecular weight excluding hydrogens is 306 g/mol. The summed E-state index contributed by atoms with van der Waals surface area (Å²) in [7, 11) is 0. The Balaban J connectivity index is 2.32. The fourth-order valence-corrected chi connectivity index (χ4v) is 1.88. The van der Waals surface area contributed by atoms with Gasteiger partial charge in [0.1, 0.15) is 5.75 Å². The smallest absolute Gasteiger partial charge is 0.238 e. The summed E-state index contributed by atoms with van der Waals surface area (Å²) in [6.45, 7) is 6.85. The molecule has 5 heteroatoms. The molecule has 0 aliphatic rings. The fourth-order valence-electron chi connectivity index (χ4n) is 1.61. The van der Waals surface area contributed by atoms with E-state index < -0.39 is 0 Å². The molecule has 0 radical (unpaired) electrons. The zero-order valence-electron chi connectivity index (χ0n) is 11.2. The van der Waals surface area contributed by atoms with Crippen molar-refractivity contribution < 1.29 is 4.74 Å². The predicted octanol–water partition coefficient (Wildman–Crippen LogP) is 4.08. The summed E-state index contributed by atoms with van der Waals surface area (Å²) in [5.74, 6) is 1.88. The van der Waals surface area contributed by atoms with Gasteiger partial charge in [0.15, 0.2) is 0 Å². The van der Waals surface area contributed by atoms with E-state index in [1.54, 1.807) is 6.20 Å². The quantitative estimate of drug-likeness (QED) is 0.921. The summed E-state index contributed by atoms with van der Waals surface area (Å²) in [6, 6.07) is 5.96. The van der Waals surface area contributed by atoms with E-state index in [1.807, 2.05) is 26.0 Å². The van der Waals surface area contributed by atoms with Gasteiger partial charge in [0.2, 0.25) is 11.8 Å². The molecule has 1 aromatic heterocycles. The molecule has 19 heavy (non-hydrogen) atoms. The molecule has 0 fully saturated rings. The monoisotopic (exact) mass is 321 g/mol. The molecule has 2 aromatic rings. The summed E-state index contributed by atoms with van der Waals surface area (Å²) in [5, 5.41) is 3.06. The van der Waals surface area contributed by atoms with Crippen LogP contribution < -0.4 is 10.1 Å². The van der Waals surface area contributed by atoms with Crippen LogP contribution in [-0.2, 0) is 0 Å². The van der Waals surface area contributed by atoms with Crippen molar-refractivity contribution in [1.29, 1.82) is 0 Å². The first-order chi connectivity index (χ1) is 9.11. The molecule has 0 unspecified atom stereocenters. The molecule has 0 saturated heterocycles. The number of aromatic nitrogens is 2. The van der Waals surface area contributed by atoms with Crippen LogP contribution in [0.5, 0.6) is 11.6 Å². The first-order valence-electron chi connectivity index (χ1n) is 6.12. The van der Waals surface area contributed by atoms with Gasteiger partial charge in [-0.1, -0.05) is 12.1 Å². The molecule has 0 atom stereocenters. The average molecular weight is 322 g/mol. The number of hydrogen-bond acceptors (Lipinski definition) is 4. The molecule has 0 bridgehead atoms. The number of halogens is 1. The largest absolute Gasteiger partial charge is 0.437 e. The van der Waals surface area contributed by atoms with E-state index in [4.69, 9.17) is 4.74 Å². The normalized spacial score (nSPS) is 10.3. The lowest BCUT2D eigenvalue weighted by Gasteiger charge is -2.11. The number of hydrogen-bond donors (Lipinski definition) is 1. The Morgan fingerprint density at radius 2 is 2.11 bits per heavy atom. The van der Waals surface area contributed by atoms with Crippen molar-refractivity contribution in [2.24, 2.45) is 0 Å². The Labute approximate surface area is 121 Å². The van der Waals surface area contributed by atoms with Gasteiger partial charge in [0.25, 0.3) is 0 Å². The maximum Gasteiger partial charge on any atom is 0.238 e. The predicted molar refractivity (Wildman–Crippen MR) is 79.9 cm³/mol. The van der Waals surface area contributed by atoms with Gasteiger partial charge >= 0.3 is 0 Å². The zero-order chi connectivity index (χ0) is 13.8. The highest BCUT2D eigenvalue weighted by atomic mass is 79.9. The van der Waals surface area contributed by atoms with Gasteiger partial charge in [-0.25, -0.2) is 4.98 Å². The third-order valence-electron chi connectivity index (χ3n) is 2.81. The van der Waals surface area contributed by atoms with E-state index in [1.165, 1.54) is 5.56 Å². The number of benzene rings is 1. The number of nitrogens with one attached hydrogen (secondary N) is 1. The highest BCUT2D eigenvalue weighted by Gasteiger charge is 2.09. The molecular formula is C14H16BrN3O. The van der Waals surface area contributed by atoms with E-state index >= 15 is 0 Å².